The highest BCUT2D eigenvalue weighted by molar-refractivity contribution is 7.99. The summed E-state index contributed by atoms with van der Waals surface area (Å²) in [4.78, 5) is 44.8. The van der Waals surface area contributed by atoms with Crippen molar-refractivity contribution in [3.63, 3.8) is 0 Å². The number of halogens is 1. The Bertz CT molecular complexity index is 1500. The van der Waals surface area contributed by atoms with Crippen LogP contribution in [0.4, 0.5) is 11.4 Å². The number of aryl methyl sites for hydroxylation is 1. The highest BCUT2D eigenvalue weighted by atomic mass is 35.5. The van der Waals surface area contributed by atoms with Gasteiger partial charge < -0.3 is 10.2 Å². The Morgan fingerprint density at radius 2 is 1.85 bits per heavy atom. The number of benzene rings is 3. The smallest absolute Gasteiger partial charge is 0.266 e. The summed E-state index contributed by atoms with van der Waals surface area (Å²) >= 11 is 7.28. The molecule has 0 radical (unpaired) electrons. The van der Waals surface area contributed by atoms with E-state index < -0.39 is 0 Å². The number of thioether (sulfide) groups is 1. The fourth-order valence-corrected chi connectivity index (χ4v) is 4.87. The molecule has 34 heavy (non-hydrogen) atoms. The molecule has 1 aliphatic rings. The maximum atomic E-state index is 13.4. The van der Waals surface area contributed by atoms with Crippen molar-refractivity contribution < 1.29 is 9.59 Å². The van der Waals surface area contributed by atoms with Gasteiger partial charge in [-0.15, -0.1) is 0 Å². The monoisotopic (exact) mass is 490 g/mol. The summed E-state index contributed by atoms with van der Waals surface area (Å²) in [6.07, 6.45) is 0. The average molecular weight is 491 g/mol. The molecule has 170 valence electrons. The minimum atomic E-state index is -0.261. The van der Waals surface area contributed by atoms with E-state index in [1.807, 2.05) is 37.3 Å². The Morgan fingerprint density at radius 1 is 1.09 bits per heavy atom. The number of aromatic nitrogens is 2. The molecule has 1 aromatic heterocycles. The van der Waals surface area contributed by atoms with Crippen LogP contribution in [0.3, 0.4) is 0 Å². The number of fused-ring (bicyclic) bond motifs is 2. The molecular formula is C25H19ClN4O3S. The lowest BCUT2D eigenvalue weighted by Crippen LogP contribution is -2.43. The Labute approximate surface area is 204 Å². The molecule has 9 heteroatoms. The van der Waals surface area contributed by atoms with Gasteiger partial charge in [-0.3, -0.25) is 19.0 Å². The molecule has 2 heterocycles. The van der Waals surface area contributed by atoms with Crippen molar-refractivity contribution in [3.05, 3.63) is 87.7 Å². The summed E-state index contributed by atoms with van der Waals surface area (Å²) in [5, 5.41) is 4.04. The van der Waals surface area contributed by atoms with Crippen LogP contribution >= 0.6 is 23.4 Å². The van der Waals surface area contributed by atoms with Crippen molar-refractivity contribution in [1.29, 1.82) is 0 Å². The minimum Gasteiger partial charge on any atom is -0.323 e. The lowest BCUT2D eigenvalue weighted by Gasteiger charge is -2.29. The molecule has 2 amide bonds. The first-order chi connectivity index (χ1) is 16.4. The van der Waals surface area contributed by atoms with Crippen molar-refractivity contribution in [2.45, 2.75) is 12.1 Å². The molecule has 0 atom stereocenters. The van der Waals surface area contributed by atoms with Crippen LogP contribution in [-0.4, -0.2) is 33.7 Å². The molecule has 4 aromatic rings. The molecule has 3 aromatic carbocycles. The zero-order valence-electron chi connectivity index (χ0n) is 18.1. The number of carbonyl (C=O) groups excluding carboxylic acids is 2. The van der Waals surface area contributed by atoms with E-state index >= 15 is 0 Å². The third kappa shape index (κ3) is 4.18. The minimum absolute atomic E-state index is 0.00795. The number of hydrogen-bond donors (Lipinski definition) is 1. The largest absolute Gasteiger partial charge is 0.323 e. The molecule has 0 spiro atoms. The second-order valence-electron chi connectivity index (χ2n) is 7.87. The van der Waals surface area contributed by atoms with Crippen LogP contribution in [-0.2, 0) is 9.59 Å². The first-order valence-electron chi connectivity index (χ1n) is 10.5. The molecular weight excluding hydrogens is 472 g/mol. The molecule has 0 fully saturated rings. The van der Waals surface area contributed by atoms with E-state index in [4.69, 9.17) is 11.6 Å². The van der Waals surface area contributed by atoms with E-state index in [0.29, 0.717) is 38.1 Å². The Morgan fingerprint density at radius 3 is 2.65 bits per heavy atom. The normalized spacial score (nSPS) is 13.0. The van der Waals surface area contributed by atoms with Gasteiger partial charge >= 0.3 is 0 Å². The molecule has 0 saturated heterocycles. The van der Waals surface area contributed by atoms with Gasteiger partial charge in [0.2, 0.25) is 11.8 Å². The second kappa shape index (κ2) is 8.96. The number of hydrogen-bond acceptors (Lipinski definition) is 5. The molecule has 1 N–H and O–H groups in total. The standard InChI is InChI=1S/C25H19ClN4O3S/c1-15-6-9-17(10-7-15)30-24(33)18-11-8-16(26)12-20(18)28-25(30)34-14-23(32)29-13-22(31)27-19-4-2-3-5-21(19)29/h2-12H,13-14H2,1H3,(H,27,31). The molecule has 5 rings (SSSR count). The highest BCUT2D eigenvalue weighted by Gasteiger charge is 2.27. The second-order valence-corrected chi connectivity index (χ2v) is 9.24. The predicted octanol–water partition coefficient (Wildman–Crippen LogP) is 4.42. The predicted molar refractivity (Wildman–Crippen MR) is 135 cm³/mol. The fourth-order valence-electron chi connectivity index (χ4n) is 3.82. The van der Waals surface area contributed by atoms with Gasteiger partial charge in [0.25, 0.3) is 5.56 Å². The van der Waals surface area contributed by atoms with Gasteiger partial charge in [0, 0.05) is 5.02 Å². The lowest BCUT2D eigenvalue weighted by molar-refractivity contribution is -0.120. The molecule has 0 saturated carbocycles. The number of para-hydroxylation sites is 2. The van der Waals surface area contributed by atoms with Crippen molar-refractivity contribution in [1.82, 2.24) is 9.55 Å². The first kappa shape index (κ1) is 22.2. The van der Waals surface area contributed by atoms with E-state index in [1.165, 1.54) is 9.47 Å². The third-order valence-corrected chi connectivity index (χ3v) is 6.65. The summed E-state index contributed by atoms with van der Waals surface area (Å²) in [6, 6.07) is 19.6. The van der Waals surface area contributed by atoms with Gasteiger partial charge in [-0.05, 0) is 49.4 Å². The fraction of sp³-hybridized carbons (Fsp3) is 0.120. The van der Waals surface area contributed by atoms with E-state index in [9.17, 15) is 14.4 Å². The lowest BCUT2D eigenvalue weighted by atomic mass is 10.2. The maximum Gasteiger partial charge on any atom is 0.266 e. The summed E-state index contributed by atoms with van der Waals surface area (Å²) in [5.74, 6) is -0.526. The third-order valence-electron chi connectivity index (χ3n) is 5.49. The summed E-state index contributed by atoms with van der Waals surface area (Å²) < 4.78 is 1.50. The van der Waals surface area contributed by atoms with Gasteiger partial charge in [0.1, 0.15) is 6.54 Å². The zero-order valence-corrected chi connectivity index (χ0v) is 19.7. The van der Waals surface area contributed by atoms with Gasteiger partial charge in [-0.1, -0.05) is 53.2 Å². The van der Waals surface area contributed by atoms with Crippen LogP contribution < -0.4 is 15.8 Å². The van der Waals surface area contributed by atoms with Gasteiger partial charge in [-0.2, -0.15) is 0 Å². The number of anilines is 2. The Kier molecular flexibility index (Phi) is 5.85. The van der Waals surface area contributed by atoms with Crippen LogP contribution in [0.25, 0.3) is 16.6 Å². The maximum absolute atomic E-state index is 13.4. The summed E-state index contributed by atoms with van der Waals surface area (Å²) in [5.41, 5.74) is 3.15. The molecule has 1 aliphatic heterocycles. The van der Waals surface area contributed by atoms with Crippen LogP contribution in [0, 0.1) is 6.92 Å². The molecule has 0 bridgehead atoms. The molecule has 0 aliphatic carbocycles. The van der Waals surface area contributed by atoms with Gasteiger partial charge in [0.05, 0.1) is 33.7 Å². The molecule has 7 nitrogen and oxygen atoms in total. The molecule has 0 unspecified atom stereocenters. The topological polar surface area (TPSA) is 84.3 Å². The van der Waals surface area contributed by atoms with Crippen molar-refractivity contribution >= 4 is 57.5 Å². The van der Waals surface area contributed by atoms with E-state index in [2.05, 4.69) is 10.3 Å². The quantitative estimate of drug-likeness (QED) is 0.338. The van der Waals surface area contributed by atoms with Crippen LogP contribution in [0.15, 0.2) is 76.7 Å². The number of amides is 2. The zero-order chi connectivity index (χ0) is 23.8. The van der Waals surface area contributed by atoms with Gasteiger partial charge in [0.15, 0.2) is 5.16 Å². The van der Waals surface area contributed by atoms with Crippen molar-refractivity contribution in [2.24, 2.45) is 0 Å². The summed E-state index contributed by atoms with van der Waals surface area (Å²) in [6.45, 7) is 1.90. The number of nitrogens with zero attached hydrogens (tertiary/aromatic N) is 3. The van der Waals surface area contributed by atoms with Crippen molar-refractivity contribution in [3.8, 4) is 5.69 Å². The van der Waals surface area contributed by atoms with E-state index in [1.54, 1.807) is 36.4 Å². The van der Waals surface area contributed by atoms with Crippen molar-refractivity contribution in [2.75, 3.05) is 22.5 Å². The van der Waals surface area contributed by atoms with E-state index in [-0.39, 0.29) is 29.7 Å². The first-order valence-corrected chi connectivity index (χ1v) is 11.9. The number of carbonyl (C=O) groups is 2. The average Bonchev–Trinajstić information content (AvgIpc) is 2.82. The summed E-state index contributed by atoms with van der Waals surface area (Å²) in [7, 11) is 0. The van der Waals surface area contributed by atoms with Crippen LogP contribution in [0.1, 0.15) is 5.56 Å². The van der Waals surface area contributed by atoms with Crippen LogP contribution in [0.2, 0.25) is 5.02 Å². The Hall–Kier alpha value is -3.62. The van der Waals surface area contributed by atoms with Gasteiger partial charge in [-0.25, -0.2) is 4.98 Å². The Balaban J connectivity index is 1.53. The number of nitrogens with one attached hydrogen (secondary N) is 1. The van der Waals surface area contributed by atoms with E-state index in [0.717, 1.165) is 17.3 Å². The number of rotatable bonds is 4. The van der Waals surface area contributed by atoms with Crippen LogP contribution in [0.5, 0.6) is 0 Å². The highest BCUT2D eigenvalue weighted by Crippen LogP contribution is 2.30. The SMILES string of the molecule is Cc1ccc(-n2c(SCC(=O)N3CC(=O)Nc4ccccc43)nc3cc(Cl)ccc3c2=O)cc1.